The Kier molecular flexibility index (Phi) is 2.26. The maximum Gasteiger partial charge on any atom is 0.121 e. The van der Waals surface area contributed by atoms with Crippen LogP contribution >= 0.6 is 23.2 Å². The lowest BCUT2D eigenvalue weighted by Crippen LogP contribution is -1.95. The third-order valence-electron chi connectivity index (χ3n) is 3.44. The summed E-state index contributed by atoms with van der Waals surface area (Å²) in [5.41, 5.74) is 2.90. The summed E-state index contributed by atoms with van der Waals surface area (Å²) in [6.07, 6.45) is 4.71. The summed E-state index contributed by atoms with van der Waals surface area (Å²) in [6.45, 7) is 0. The largest absolute Gasteiger partial charge is 0.121 e. The van der Waals surface area contributed by atoms with E-state index < -0.39 is 4.33 Å². The van der Waals surface area contributed by atoms with E-state index in [9.17, 15) is 0 Å². The number of benzene rings is 1. The highest BCUT2D eigenvalue weighted by atomic mass is 35.5. The van der Waals surface area contributed by atoms with Crippen molar-refractivity contribution < 1.29 is 0 Å². The average molecular weight is 241 g/mol. The van der Waals surface area contributed by atoms with Crippen molar-refractivity contribution in [1.82, 2.24) is 0 Å². The lowest BCUT2D eigenvalue weighted by atomic mass is 10.0. The molecule has 3 rings (SSSR count). The molecule has 0 N–H and O–H groups in total. The van der Waals surface area contributed by atoms with Crippen LogP contribution in [0.25, 0.3) is 0 Å². The van der Waals surface area contributed by atoms with E-state index in [-0.39, 0.29) is 0 Å². The van der Waals surface area contributed by atoms with Gasteiger partial charge in [-0.05, 0) is 48.6 Å². The number of rotatable bonds is 3. The molecule has 2 heteroatoms. The molecule has 15 heavy (non-hydrogen) atoms. The van der Waals surface area contributed by atoms with Crippen LogP contribution in [-0.4, -0.2) is 4.33 Å². The Bertz CT molecular complexity index is 380. The fraction of sp³-hybridized carbons (Fsp3) is 0.538. The minimum absolute atomic E-state index is 0.435. The van der Waals surface area contributed by atoms with Crippen LogP contribution in [0.3, 0.4) is 0 Å². The standard InChI is InChI=1S/C13H14Cl2/c14-13(15)8-12(13)7-9-2-1-3-11(6-9)10-4-5-10/h1-3,6,10,12H,4-5,7-8H2/t12-/m0/s1. The van der Waals surface area contributed by atoms with Crippen molar-refractivity contribution in [2.75, 3.05) is 0 Å². The van der Waals surface area contributed by atoms with Gasteiger partial charge in [-0.25, -0.2) is 0 Å². The first-order valence-corrected chi connectivity index (χ1v) is 6.37. The molecule has 1 aromatic carbocycles. The molecule has 2 aliphatic carbocycles. The zero-order valence-corrected chi connectivity index (χ0v) is 10.1. The molecule has 2 fully saturated rings. The van der Waals surface area contributed by atoms with E-state index in [1.807, 2.05) is 0 Å². The maximum absolute atomic E-state index is 6.04. The van der Waals surface area contributed by atoms with Crippen LogP contribution in [0.2, 0.25) is 0 Å². The van der Waals surface area contributed by atoms with Gasteiger partial charge in [0.25, 0.3) is 0 Å². The van der Waals surface area contributed by atoms with E-state index in [2.05, 4.69) is 24.3 Å². The van der Waals surface area contributed by atoms with Crippen molar-refractivity contribution in [2.24, 2.45) is 5.92 Å². The van der Waals surface area contributed by atoms with Crippen molar-refractivity contribution in [3.8, 4) is 0 Å². The van der Waals surface area contributed by atoms with Crippen molar-refractivity contribution >= 4 is 23.2 Å². The van der Waals surface area contributed by atoms with Gasteiger partial charge >= 0.3 is 0 Å². The Morgan fingerprint density at radius 2 is 2.00 bits per heavy atom. The molecule has 0 aromatic heterocycles. The second-order valence-electron chi connectivity index (χ2n) is 4.89. The average Bonchev–Trinajstić information content (AvgIpc) is 3.06. The molecule has 0 radical (unpaired) electrons. The SMILES string of the molecule is ClC1(Cl)C[C@@H]1Cc1cccc(C2CC2)c1. The molecular formula is C13H14Cl2. The molecule has 0 aliphatic heterocycles. The highest BCUT2D eigenvalue weighted by Crippen LogP contribution is 2.54. The lowest BCUT2D eigenvalue weighted by molar-refractivity contribution is 0.817. The summed E-state index contributed by atoms with van der Waals surface area (Å²) in [7, 11) is 0. The predicted octanol–water partition coefficient (Wildman–Crippen LogP) is 4.30. The zero-order valence-electron chi connectivity index (χ0n) is 8.55. The third-order valence-corrected chi connectivity index (χ3v) is 4.36. The summed E-state index contributed by atoms with van der Waals surface area (Å²) < 4.78 is -0.435. The topological polar surface area (TPSA) is 0 Å². The summed E-state index contributed by atoms with van der Waals surface area (Å²) in [6, 6.07) is 8.92. The van der Waals surface area contributed by atoms with Gasteiger partial charge in [-0.1, -0.05) is 24.3 Å². The second-order valence-corrected chi connectivity index (χ2v) is 6.43. The minimum Gasteiger partial charge on any atom is -0.101 e. The van der Waals surface area contributed by atoms with Gasteiger partial charge < -0.3 is 0 Å². The molecular weight excluding hydrogens is 227 g/mol. The van der Waals surface area contributed by atoms with Crippen LogP contribution in [0, 0.1) is 5.92 Å². The Balaban J connectivity index is 1.72. The predicted molar refractivity (Wildman–Crippen MR) is 64.7 cm³/mol. The van der Waals surface area contributed by atoms with Crippen LogP contribution in [0.5, 0.6) is 0 Å². The Labute approximate surface area is 101 Å². The van der Waals surface area contributed by atoms with Crippen molar-refractivity contribution in [3.63, 3.8) is 0 Å². The smallest absolute Gasteiger partial charge is 0.101 e. The summed E-state index contributed by atoms with van der Waals surface area (Å²) in [4.78, 5) is 0. The van der Waals surface area contributed by atoms with Gasteiger partial charge in [-0.2, -0.15) is 0 Å². The van der Waals surface area contributed by atoms with Gasteiger partial charge in [0.1, 0.15) is 4.33 Å². The van der Waals surface area contributed by atoms with Crippen molar-refractivity contribution in [2.45, 2.75) is 35.9 Å². The second kappa shape index (κ2) is 3.40. The summed E-state index contributed by atoms with van der Waals surface area (Å²) in [5, 5.41) is 0. The van der Waals surface area contributed by atoms with Crippen molar-refractivity contribution in [3.05, 3.63) is 35.4 Å². The van der Waals surface area contributed by atoms with Crippen LogP contribution in [0.1, 0.15) is 36.3 Å². The molecule has 0 saturated heterocycles. The van der Waals surface area contributed by atoms with Crippen LogP contribution in [-0.2, 0) is 6.42 Å². The Morgan fingerprint density at radius 1 is 1.27 bits per heavy atom. The first kappa shape index (κ1) is 9.99. The van der Waals surface area contributed by atoms with Crippen LogP contribution < -0.4 is 0 Å². The van der Waals surface area contributed by atoms with E-state index in [4.69, 9.17) is 23.2 Å². The fourth-order valence-electron chi connectivity index (χ4n) is 2.17. The third kappa shape index (κ3) is 2.16. The highest BCUT2D eigenvalue weighted by Gasteiger charge is 2.51. The van der Waals surface area contributed by atoms with Gasteiger partial charge in [-0.15, -0.1) is 23.2 Å². The summed E-state index contributed by atoms with van der Waals surface area (Å²) in [5.74, 6) is 1.30. The van der Waals surface area contributed by atoms with E-state index in [0.717, 1.165) is 18.8 Å². The minimum atomic E-state index is -0.435. The van der Waals surface area contributed by atoms with E-state index >= 15 is 0 Å². The molecule has 1 atom stereocenters. The van der Waals surface area contributed by atoms with Gasteiger partial charge in [-0.3, -0.25) is 0 Å². The highest BCUT2D eigenvalue weighted by molar-refractivity contribution is 6.50. The molecule has 0 nitrogen and oxygen atoms in total. The molecule has 1 aromatic rings. The van der Waals surface area contributed by atoms with E-state index in [0.29, 0.717) is 5.92 Å². The van der Waals surface area contributed by atoms with Gasteiger partial charge in [0.05, 0.1) is 0 Å². The lowest BCUT2D eigenvalue weighted by Gasteiger charge is -2.04. The molecule has 0 heterocycles. The molecule has 2 aliphatic rings. The quantitative estimate of drug-likeness (QED) is 0.692. The van der Waals surface area contributed by atoms with Gasteiger partial charge in [0, 0.05) is 0 Å². The normalized spacial score (nSPS) is 27.7. The molecule has 0 spiro atoms. The Morgan fingerprint density at radius 3 is 2.60 bits per heavy atom. The maximum atomic E-state index is 6.04. The van der Waals surface area contributed by atoms with Crippen LogP contribution in [0.15, 0.2) is 24.3 Å². The molecule has 0 amide bonds. The van der Waals surface area contributed by atoms with Gasteiger partial charge in [0.15, 0.2) is 0 Å². The molecule has 80 valence electrons. The van der Waals surface area contributed by atoms with Crippen LogP contribution in [0.4, 0.5) is 0 Å². The monoisotopic (exact) mass is 240 g/mol. The number of halogens is 2. The van der Waals surface area contributed by atoms with E-state index in [1.165, 1.54) is 24.0 Å². The molecule has 0 unspecified atom stereocenters. The zero-order chi connectivity index (χ0) is 10.5. The number of alkyl halides is 2. The Hall–Kier alpha value is -0.200. The fourth-order valence-corrected chi connectivity index (χ4v) is 2.69. The van der Waals surface area contributed by atoms with E-state index in [1.54, 1.807) is 0 Å². The summed E-state index contributed by atoms with van der Waals surface area (Å²) >= 11 is 12.1. The number of hydrogen-bond donors (Lipinski definition) is 0. The van der Waals surface area contributed by atoms with Crippen molar-refractivity contribution in [1.29, 1.82) is 0 Å². The number of hydrogen-bond acceptors (Lipinski definition) is 0. The first-order chi connectivity index (χ1) is 7.15. The molecule has 0 bridgehead atoms. The van der Waals surface area contributed by atoms with Gasteiger partial charge in [0.2, 0.25) is 0 Å². The first-order valence-electron chi connectivity index (χ1n) is 5.62. The molecule has 2 saturated carbocycles.